The average Bonchev–Trinajstić information content (AvgIpc) is 3.16. The molecule has 1 saturated heterocycles. The summed E-state index contributed by atoms with van der Waals surface area (Å²) in [7, 11) is 1.76. The van der Waals surface area contributed by atoms with Crippen molar-refractivity contribution >= 4 is 35.8 Å². The number of aliphatic imine (C=N–C) groups is 1. The summed E-state index contributed by atoms with van der Waals surface area (Å²) in [6.07, 6.45) is 5.24. The molecule has 1 aromatic heterocycles. The predicted molar refractivity (Wildman–Crippen MR) is 97.4 cm³/mol. The summed E-state index contributed by atoms with van der Waals surface area (Å²) in [6.45, 7) is 5.03. The zero-order valence-electron chi connectivity index (χ0n) is 13.2. The van der Waals surface area contributed by atoms with Gasteiger partial charge >= 0.3 is 0 Å². The Morgan fingerprint density at radius 3 is 2.95 bits per heavy atom. The van der Waals surface area contributed by atoms with Crippen LogP contribution in [0.3, 0.4) is 0 Å². The number of rotatable bonds is 5. The Labute approximate surface area is 148 Å². The van der Waals surface area contributed by atoms with Crippen LogP contribution in [0, 0.1) is 0 Å². The molecule has 1 aliphatic rings. The molecule has 22 heavy (non-hydrogen) atoms. The van der Waals surface area contributed by atoms with Crippen LogP contribution in [-0.2, 0) is 11.3 Å². The van der Waals surface area contributed by atoms with Crippen LogP contribution in [0.25, 0.3) is 0 Å². The van der Waals surface area contributed by atoms with Crippen molar-refractivity contribution in [3.8, 4) is 0 Å². The van der Waals surface area contributed by atoms with E-state index in [1.807, 2.05) is 28.8 Å². The van der Waals surface area contributed by atoms with Gasteiger partial charge in [-0.1, -0.05) is 6.92 Å². The van der Waals surface area contributed by atoms with Crippen LogP contribution < -0.4 is 10.6 Å². The summed E-state index contributed by atoms with van der Waals surface area (Å²) in [4.78, 5) is 17.8. The molecule has 1 atom stereocenters. The molecule has 2 rings (SSSR count). The molecular formula is C14H25IN6O. The first-order valence-corrected chi connectivity index (χ1v) is 7.45. The molecule has 0 aliphatic carbocycles. The van der Waals surface area contributed by atoms with Gasteiger partial charge < -0.3 is 15.5 Å². The first-order chi connectivity index (χ1) is 10.2. The molecule has 0 saturated carbocycles. The first-order valence-electron chi connectivity index (χ1n) is 7.45. The zero-order chi connectivity index (χ0) is 15.1. The maximum Gasteiger partial charge on any atom is 0.222 e. The minimum Gasteiger partial charge on any atom is -0.355 e. The van der Waals surface area contributed by atoms with E-state index in [0.717, 1.165) is 38.6 Å². The highest BCUT2D eigenvalue weighted by Crippen LogP contribution is 2.10. The SMILES string of the molecule is CCC(=O)N1CCC(NC(=NC)NCCn2cccn2)C1.I. The topological polar surface area (TPSA) is 74.6 Å². The Balaban J connectivity index is 0.00000242. The number of hydrogen-bond acceptors (Lipinski definition) is 3. The van der Waals surface area contributed by atoms with Crippen LogP contribution in [0.2, 0.25) is 0 Å². The van der Waals surface area contributed by atoms with Crippen LogP contribution in [0.4, 0.5) is 0 Å². The Bertz CT molecular complexity index is 476. The molecule has 1 aromatic rings. The number of guanidine groups is 1. The molecule has 124 valence electrons. The normalized spacial score (nSPS) is 18.0. The highest BCUT2D eigenvalue weighted by molar-refractivity contribution is 14.0. The molecule has 0 bridgehead atoms. The zero-order valence-corrected chi connectivity index (χ0v) is 15.5. The van der Waals surface area contributed by atoms with E-state index >= 15 is 0 Å². The van der Waals surface area contributed by atoms with Crippen LogP contribution in [0.15, 0.2) is 23.5 Å². The highest BCUT2D eigenvalue weighted by Gasteiger charge is 2.25. The van der Waals surface area contributed by atoms with Crippen molar-refractivity contribution in [2.75, 3.05) is 26.7 Å². The number of halogens is 1. The summed E-state index contributed by atoms with van der Waals surface area (Å²) in [5, 5.41) is 10.8. The lowest BCUT2D eigenvalue weighted by Gasteiger charge is -2.18. The summed E-state index contributed by atoms with van der Waals surface area (Å²) in [6, 6.07) is 2.18. The molecule has 0 spiro atoms. The maximum absolute atomic E-state index is 11.7. The Hall–Kier alpha value is -1.32. The highest BCUT2D eigenvalue weighted by atomic mass is 127. The molecule has 2 N–H and O–H groups in total. The van der Waals surface area contributed by atoms with Gasteiger partial charge in [-0.3, -0.25) is 14.5 Å². The molecule has 7 nitrogen and oxygen atoms in total. The summed E-state index contributed by atoms with van der Waals surface area (Å²) in [5.41, 5.74) is 0. The smallest absolute Gasteiger partial charge is 0.222 e. The fourth-order valence-electron chi connectivity index (χ4n) is 2.44. The summed E-state index contributed by atoms with van der Waals surface area (Å²) in [5.74, 6) is 0.999. The largest absolute Gasteiger partial charge is 0.355 e. The average molecular weight is 420 g/mol. The minimum atomic E-state index is 0. The molecule has 8 heteroatoms. The van der Waals surface area contributed by atoms with E-state index in [-0.39, 0.29) is 35.9 Å². The van der Waals surface area contributed by atoms with Gasteiger partial charge in [0.05, 0.1) is 6.54 Å². The predicted octanol–water partition coefficient (Wildman–Crippen LogP) is 0.677. The molecule has 1 aliphatic heterocycles. The molecule has 1 amide bonds. The van der Waals surface area contributed by atoms with Crippen LogP contribution in [-0.4, -0.2) is 59.3 Å². The van der Waals surface area contributed by atoms with E-state index in [9.17, 15) is 4.79 Å². The van der Waals surface area contributed by atoms with E-state index in [4.69, 9.17) is 0 Å². The van der Waals surface area contributed by atoms with Crippen LogP contribution >= 0.6 is 24.0 Å². The summed E-state index contributed by atoms with van der Waals surface area (Å²) >= 11 is 0. The summed E-state index contributed by atoms with van der Waals surface area (Å²) < 4.78 is 1.87. The lowest BCUT2D eigenvalue weighted by Crippen LogP contribution is -2.45. The monoisotopic (exact) mass is 420 g/mol. The van der Waals surface area contributed by atoms with Gasteiger partial charge in [-0.2, -0.15) is 5.10 Å². The molecular weight excluding hydrogens is 395 g/mol. The number of likely N-dealkylation sites (tertiary alicyclic amines) is 1. The third-order valence-electron chi connectivity index (χ3n) is 3.60. The molecule has 0 radical (unpaired) electrons. The third-order valence-corrected chi connectivity index (χ3v) is 3.60. The first kappa shape index (κ1) is 18.7. The van der Waals surface area contributed by atoms with E-state index in [0.29, 0.717) is 6.42 Å². The number of aromatic nitrogens is 2. The van der Waals surface area contributed by atoms with Gasteiger partial charge in [-0.05, 0) is 12.5 Å². The number of carbonyl (C=O) groups excluding carboxylic acids is 1. The van der Waals surface area contributed by atoms with Gasteiger partial charge in [-0.15, -0.1) is 24.0 Å². The number of hydrogen-bond donors (Lipinski definition) is 2. The van der Waals surface area contributed by atoms with Gasteiger partial charge in [0.2, 0.25) is 5.91 Å². The Morgan fingerprint density at radius 2 is 2.32 bits per heavy atom. The van der Waals surface area contributed by atoms with Gasteiger partial charge in [0.15, 0.2) is 5.96 Å². The quantitative estimate of drug-likeness (QED) is 0.418. The maximum atomic E-state index is 11.7. The van der Waals surface area contributed by atoms with E-state index in [2.05, 4.69) is 20.7 Å². The van der Waals surface area contributed by atoms with E-state index < -0.39 is 0 Å². The lowest BCUT2D eigenvalue weighted by atomic mass is 10.3. The van der Waals surface area contributed by atoms with Crippen LogP contribution in [0.5, 0.6) is 0 Å². The van der Waals surface area contributed by atoms with Crippen molar-refractivity contribution < 1.29 is 4.79 Å². The van der Waals surface area contributed by atoms with E-state index in [1.54, 1.807) is 13.2 Å². The second-order valence-electron chi connectivity index (χ2n) is 5.09. The van der Waals surface area contributed by atoms with E-state index in [1.165, 1.54) is 0 Å². The van der Waals surface area contributed by atoms with Crippen LogP contribution in [0.1, 0.15) is 19.8 Å². The number of nitrogens with zero attached hydrogens (tertiary/aromatic N) is 4. The second kappa shape index (κ2) is 9.65. The molecule has 1 unspecified atom stereocenters. The fraction of sp³-hybridized carbons (Fsp3) is 0.643. The van der Waals surface area contributed by atoms with Gasteiger partial charge in [0.1, 0.15) is 0 Å². The van der Waals surface area contributed by atoms with Crippen molar-refractivity contribution in [1.82, 2.24) is 25.3 Å². The van der Waals surface area contributed by atoms with Crippen molar-refractivity contribution in [1.29, 1.82) is 0 Å². The van der Waals surface area contributed by atoms with Crippen molar-refractivity contribution in [2.24, 2.45) is 4.99 Å². The number of carbonyl (C=O) groups is 1. The fourth-order valence-corrected chi connectivity index (χ4v) is 2.44. The van der Waals surface area contributed by atoms with Gasteiger partial charge in [0, 0.05) is 51.5 Å². The Kier molecular flexibility index (Phi) is 8.21. The molecule has 2 heterocycles. The second-order valence-corrected chi connectivity index (χ2v) is 5.09. The molecule has 1 fully saturated rings. The van der Waals surface area contributed by atoms with Crippen molar-refractivity contribution in [3.63, 3.8) is 0 Å². The molecule has 0 aromatic carbocycles. The minimum absolute atomic E-state index is 0. The van der Waals surface area contributed by atoms with Gasteiger partial charge in [0.25, 0.3) is 0 Å². The van der Waals surface area contributed by atoms with Crippen molar-refractivity contribution in [2.45, 2.75) is 32.4 Å². The Morgan fingerprint density at radius 1 is 1.50 bits per heavy atom. The van der Waals surface area contributed by atoms with Crippen molar-refractivity contribution in [3.05, 3.63) is 18.5 Å². The lowest BCUT2D eigenvalue weighted by molar-refractivity contribution is -0.129. The number of nitrogens with one attached hydrogen (secondary N) is 2. The number of amides is 1. The van der Waals surface area contributed by atoms with Gasteiger partial charge in [-0.25, -0.2) is 0 Å². The standard InChI is InChI=1S/C14H24N6O.HI/c1-3-13(21)19-9-5-12(11-19)18-14(15-2)16-7-10-20-8-4-6-17-20;/h4,6,8,12H,3,5,7,9-11H2,1-2H3,(H2,15,16,18);1H. The third kappa shape index (κ3) is 5.47.